The van der Waals surface area contributed by atoms with Crippen LogP contribution in [0, 0.1) is 0 Å². The molecule has 0 aliphatic rings. The summed E-state index contributed by atoms with van der Waals surface area (Å²) in [6.07, 6.45) is 3.07. The van der Waals surface area contributed by atoms with Crippen molar-refractivity contribution in [3.8, 4) is 0 Å². The van der Waals surface area contributed by atoms with Crippen LogP contribution in [0.4, 0.5) is 0 Å². The highest BCUT2D eigenvalue weighted by Gasteiger charge is 2.09. The average molecular weight is 209 g/mol. The van der Waals surface area contributed by atoms with Crippen LogP contribution in [0.2, 0.25) is 5.15 Å². The Bertz CT molecular complexity index is 469. The molecule has 0 unspecified atom stereocenters. The van der Waals surface area contributed by atoms with Gasteiger partial charge in [-0.3, -0.25) is 0 Å². The molecule has 0 bridgehead atoms. The normalized spacial score (nSPS) is 11.1. The van der Waals surface area contributed by atoms with E-state index in [1.54, 1.807) is 6.20 Å². The molecule has 2 heterocycles. The predicted octanol–water partition coefficient (Wildman–Crippen LogP) is 2.20. The Hall–Kier alpha value is -1.29. The molecule has 2 aromatic rings. The second-order valence-electron chi connectivity index (χ2n) is 3.29. The van der Waals surface area contributed by atoms with Crippen molar-refractivity contribution in [1.82, 2.24) is 19.9 Å². The third-order valence-electron chi connectivity index (χ3n) is 1.86. The summed E-state index contributed by atoms with van der Waals surface area (Å²) in [6.45, 7) is 4.03. The van der Waals surface area contributed by atoms with Crippen LogP contribution in [0.1, 0.15) is 25.6 Å². The molecule has 0 radical (unpaired) electrons. The summed E-state index contributed by atoms with van der Waals surface area (Å²) >= 11 is 5.98. The second-order valence-corrected chi connectivity index (χ2v) is 3.65. The van der Waals surface area contributed by atoms with Gasteiger partial charge >= 0.3 is 0 Å². The molecule has 0 aromatic carbocycles. The Balaban J connectivity index is 2.72. The van der Waals surface area contributed by atoms with Crippen LogP contribution < -0.4 is 0 Å². The van der Waals surface area contributed by atoms with Gasteiger partial charge in [0, 0.05) is 12.1 Å². The Kier molecular flexibility index (Phi) is 2.29. The van der Waals surface area contributed by atoms with Gasteiger partial charge in [-0.25, -0.2) is 19.9 Å². The molecule has 0 aliphatic heterocycles. The number of hydrogen-bond acceptors (Lipinski definition) is 4. The number of fused-ring (bicyclic) bond motifs is 1. The van der Waals surface area contributed by atoms with Gasteiger partial charge in [0.15, 0.2) is 5.65 Å². The topological polar surface area (TPSA) is 51.6 Å². The Morgan fingerprint density at radius 3 is 2.79 bits per heavy atom. The minimum absolute atomic E-state index is 0.242. The molecule has 0 saturated carbocycles. The molecule has 0 spiro atoms. The predicted molar refractivity (Wildman–Crippen MR) is 54.2 cm³/mol. The Morgan fingerprint density at radius 2 is 2.07 bits per heavy atom. The first-order valence-corrected chi connectivity index (χ1v) is 4.69. The molecule has 5 heteroatoms. The van der Waals surface area contributed by atoms with Crippen LogP contribution in [0.5, 0.6) is 0 Å². The first-order chi connectivity index (χ1) is 6.68. The second kappa shape index (κ2) is 3.46. The van der Waals surface area contributed by atoms with Crippen molar-refractivity contribution < 1.29 is 0 Å². The molecular formula is C9H9ClN4. The van der Waals surface area contributed by atoms with E-state index in [1.807, 2.05) is 13.8 Å². The summed E-state index contributed by atoms with van der Waals surface area (Å²) < 4.78 is 0. The number of nitrogens with zero attached hydrogens (tertiary/aromatic N) is 4. The van der Waals surface area contributed by atoms with E-state index in [9.17, 15) is 0 Å². The summed E-state index contributed by atoms with van der Waals surface area (Å²) in [7, 11) is 0. The van der Waals surface area contributed by atoms with Gasteiger partial charge in [-0.2, -0.15) is 0 Å². The van der Waals surface area contributed by atoms with Crippen LogP contribution in [0.3, 0.4) is 0 Å². The zero-order valence-corrected chi connectivity index (χ0v) is 8.65. The quantitative estimate of drug-likeness (QED) is 0.675. The standard InChI is InChI=1S/C9H9ClN4/c1-5(2)8-13-7(10)6-3-11-4-12-9(6)14-8/h3-5H,1-2H3. The zero-order chi connectivity index (χ0) is 10.1. The lowest BCUT2D eigenvalue weighted by Crippen LogP contribution is -1.99. The highest BCUT2D eigenvalue weighted by Crippen LogP contribution is 2.20. The van der Waals surface area contributed by atoms with E-state index < -0.39 is 0 Å². The van der Waals surface area contributed by atoms with Crippen molar-refractivity contribution in [2.24, 2.45) is 0 Å². The summed E-state index contributed by atoms with van der Waals surface area (Å²) in [4.78, 5) is 16.4. The largest absolute Gasteiger partial charge is 0.244 e. The fourth-order valence-electron chi connectivity index (χ4n) is 1.11. The molecule has 0 fully saturated rings. The summed E-state index contributed by atoms with van der Waals surface area (Å²) in [6, 6.07) is 0. The number of rotatable bonds is 1. The van der Waals surface area contributed by atoms with E-state index in [0.717, 1.165) is 0 Å². The minimum Gasteiger partial charge on any atom is -0.244 e. The van der Waals surface area contributed by atoms with Crippen LogP contribution in [0.25, 0.3) is 11.0 Å². The highest BCUT2D eigenvalue weighted by molar-refractivity contribution is 6.33. The van der Waals surface area contributed by atoms with Crippen molar-refractivity contribution in [3.63, 3.8) is 0 Å². The van der Waals surface area contributed by atoms with Gasteiger partial charge in [-0.05, 0) is 0 Å². The van der Waals surface area contributed by atoms with Crippen LogP contribution in [-0.2, 0) is 0 Å². The van der Waals surface area contributed by atoms with Gasteiger partial charge in [0.1, 0.15) is 17.3 Å². The molecule has 0 saturated heterocycles. The first-order valence-electron chi connectivity index (χ1n) is 4.31. The molecule has 2 aromatic heterocycles. The van der Waals surface area contributed by atoms with Gasteiger partial charge in [0.05, 0.1) is 5.39 Å². The van der Waals surface area contributed by atoms with Crippen molar-refractivity contribution in [2.45, 2.75) is 19.8 Å². The average Bonchev–Trinajstić information content (AvgIpc) is 2.17. The Labute approximate surface area is 86.4 Å². The monoisotopic (exact) mass is 208 g/mol. The molecule has 14 heavy (non-hydrogen) atoms. The summed E-state index contributed by atoms with van der Waals surface area (Å²) in [5, 5.41) is 1.11. The van der Waals surface area contributed by atoms with Gasteiger partial charge in [0.25, 0.3) is 0 Å². The molecule has 2 rings (SSSR count). The maximum Gasteiger partial charge on any atom is 0.167 e. The van der Waals surface area contributed by atoms with Crippen LogP contribution >= 0.6 is 11.6 Å². The lowest BCUT2D eigenvalue weighted by Gasteiger charge is -2.04. The molecule has 4 nitrogen and oxygen atoms in total. The van der Waals surface area contributed by atoms with Crippen LogP contribution in [-0.4, -0.2) is 19.9 Å². The number of aromatic nitrogens is 4. The van der Waals surface area contributed by atoms with Crippen molar-refractivity contribution in [3.05, 3.63) is 23.5 Å². The van der Waals surface area contributed by atoms with E-state index in [4.69, 9.17) is 11.6 Å². The van der Waals surface area contributed by atoms with Crippen LogP contribution in [0.15, 0.2) is 12.5 Å². The Morgan fingerprint density at radius 1 is 1.29 bits per heavy atom. The van der Waals surface area contributed by atoms with Crippen molar-refractivity contribution >= 4 is 22.6 Å². The fourth-order valence-corrected chi connectivity index (χ4v) is 1.33. The van der Waals surface area contributed by atoms with Gasteiger partial charge in [-0.1, -0.05) is 25.4 Å². The SMILES string of the molecule is CC(C)c1nc(Cl)c2cncnc2n1. The zero-order valence-electron chi connectivity index (χ0n) is 7.90. The van der Waals surface area contributed by atoms with E-state index >= 15 is 0 Å². The fraction of sp³-hybridized carbons (Fsp3) is 0.333. The highest BCUT2D eigenvalue weighted by atomic mass is 35.5. The molecule has 0 N–H and O–H groups in total. The maximum absolute atomic E-state index is 5.98. The number of hydrogen-bond donors (Lipinski definition) is 0. The summed E-state index contributed by atoms with van der Waals surface area (Å²) in [5.41, 5.74) is 0.601. The molecule has 0 amide bonds. The van der Waals surface area contributed by atoms with E-state index in [0.29, 0.717) is 22.0 Å². The maximum atomic E-state index is 5.98. The lowest BCUT2D eigenvalue weighted by atomic mass is 10.2. The van der Waals surface area contributed by atoms with Crippen molar-refractivity contribution in [1.29, 1.82) is 0 Å². The molecule has 0 aliphatic carbocycles. The molecular weight excluding hydrogens is 200 g/mol. The minimum atomic E-state index is 0.242. The third kappa shape index (κ3) is 1.53. The van der Waals surface area contributed by atoms with E-state index in [2.05, 4.69) is 19.9 Å². The first kappa shape index (κ1) is 9.27. The van der Waals surface area contributed by atoms with Gasteiger partial charge in [-0.15, -0.1) is 0 Å². The molecule has 0 atom stereocenters. The molecule has 72 valence electrons. The van der Waals surface area contributed by atoms with Gasteiger partial charge in [0.2, 0.25) is 0 Å². The van der Waals surface area contributed by atoms with Crippen molar-refractivity contribution in [2.75, 3.05) is 0 Å². The number of halogens is 1. The van der Waals surface area contributed by atoms with E-state index in [1.165, 1.54) is 6.33 Å². The van der Waals surface area contributed by atoms with E-state index in [-0.39, 0.29) is 5.92 Å². The smallest absolute Gasteiger partial charge is 0.167 e. The summed E-state index contributed by atoms with van der Waals surface area (Å²) in [5.74, 6) is 0.952. The lowest BCUT2D eigenvalue weighted by molar-refractivity contribution is 0.780. The van der Waals surface area contributed by atoms with Gasteiger partial charge < -0.3 is 0 Å². The third-order valence-corrected chi connectivity index (χ3v) is 2.15.